The summed E-state index contributed by atoms with van der Waals surface area (Å²) in [7, 11) is -21.0. The fourth-order valence-corrected chi connectivity index (χ4v) is 16.3. The first-order valence-electron chi connectivity index (χ1n) is 33.2. The second-order valence-electron chi connectivity index (χ2n) is 23.6. The fraction of sp³-hybridized carbons (Fsp3) is 0.221. The van der Waals surface area contributed by atoms with E-state index in [0.717, 1.165) is 10.4 Å². The minimum Gasteiger partial charge on any atom is -0.386 e. The highest BCUT2D eigenvalue weighted by molar-refractivity contribution is 7.49. The van der Waals surface area contributed by atoms with Crippen LogP contribution in [0.25, 0.3) is 11.0 Å². The van der Waals surface area contributed by atoms with Crippen molar-refractivity contribution in [3.63, 3.8) is 0 Å². The van der Waals surface area contributed by atoms with Crippen LogP contribution in [0.1, 0.15) is 56.5 Å². The molecule has 0 radical (unpaired) electrons. The summed E-state index contributed by atoms with van der Waals surface area (Å²) in [5.74, 6) is 0. The monoisotopic (exact) mass is 1460 g/mol. The molecule has 0 saturated heterocycles. The quantitative estimate of drug-likeness (QED) is 0.0258. The predicted octanol–water partition coefficient (Wildman–Crippen LogP) is 18.0. The van der Waals surface area contributed by atoms with E-state index in [1.165, 1.54) is 0 Å². The minimum atomic E-state index is -5.30. The van der Waals surface area contributed by atoms with Crippen LogP contribution >= 0.6 is 31.3 Å². The number of rotatable bonds is 39. The molecule has 1 aromatic heterocycles. The lowest BCUT2D eigenvalue weighted by Crippen LogP contribution is -2.68. The molecule has 1 saturated carbocycles. The topological polar surface area (TPSA) is 228 Å². The number of aromatic nitrogens is 3. The Bertz CT molecular complexity index is 4310. The molecular weight excluding hydrogens is 1380 g/mol. The third-order valence-corrected chi connectivity index (χ3v) is 21.7. The van der Waals surface area contributed by atoms with Crippen LogP contribution in [-0.4, -0.2) is 58.4 Å². The second kappa shape index (κ2) is 36.8. The van der Waals surface area contributed by atoms with Crippen LogP contribution in [0.4, 0.5) is 0 Å². The molecule has 528 valence electrons. The van der Waals surface area contributed by atoms with Crippen LogP contribution in [-0.2, 0) is 137 Å². The van der Waals surface area contributed by atoms with Crippen molar-refractivity contribution in [2.45, 2.75) is 102 Å². The number of nitrogens with zero attached hydrogens (tertiary/aromatic N) is 3. The molecule has 1 aliphatic rings. The molecule has 0 amide bonds. The van der Waals surface area contributed by atoms with Gasteiger partial charge < -0.3 is 9.57 Å². The van der Waals surface area contributed by atoms with E-state index in [-0.39, 0.29) is 33.0 Å². The van der Waals surface area contributed by atoms with Crippen molar-refractivity contribution in [3.05, 3.63) is 347 Å². The average Bonchev–Trinajstić information content (AvgIpc) is 0.879. The van der Waals surface area contributed by atoms with E-state index in [1.54, 1.807) is 243 Å². The normalized spacial score (nSPS) is 17.3. The lowest BCUT2D eigenvalue weighted by molar-refractivity contribution is -0.239. The third kappa shape index (κ3) is 21.7. The number of hydrogen-bond donors (Lipinski definition) is 0. The number of benzene rings is 10. The van der Waals surface area contributed by atoms with Gasteiger partial charge in [-0.05, 0) is 80.3 Å². The maximum absolute atomic E-state index is 16.7. The Morgan fingerprint density at radius 1 is 0.275 bits per heavy atom. The van der Waals surface area contributed by atoms with Crippen LogP contribution < -0.4 is 4.84 Å². The number of phosphoric ester groups is 4. The molecule has 1 heterocycles. The van der Waals surface area contributed by atoms with Gasteiger partial charge in [-0.25, -0.2) is 18.3 Å². The van der Waals surface area contributed by atoms with Crippen LogP contribution in [0.2, 0.25) is 0 Å². The summed E-state index contributed by atoms with van der Waals surface area (Å²) in [5, 5.41) is 8.92. The zero-order chi connectivity index (χ0) is 70.1. The summed E-state index contributed by atoms with van der Waals surface area (Å²) in [6.45, 7) is -3.20. The van der Waals surface area contributed by atoms with Gasteiger partial charge in [0.1, 0.15) is 41.6 Å². The third-order valence-electron chi connectivity index (χ3n) is 16.1. The van der Waals surface area contributed by atoms with Crippen LogP contribution in [0.5, 0.6) is 0 Å². The van der Waals surface area contributed by atoms with Crippen molar-refractivity contribution in [2.75, 3.05) is 6.61 Å². The molecule has 1 aliphatic carbocycles. The molecule has 21 nitrogen and oxygen atoms in total. The second-order valence-corrected chi connectivity index (χ2v) is 30.1. The first kappa shape index (κ1) is 73.5. The zero-order valence-electron chi connectivity index (χ0n) is 55.5. The molecule has 25 heteroatoms. The molecule has 6 atom stereocenters. The molecule has 1 fully saturated rings. The molecular formula is C77H77N3O18P4. The van der Waals surface area contributed by atoms with Gasteiger partial charge >= 0.3 is 31.3 Å². The molecule has 12 rings (SSSR count). The summed E-state index contributed by atoms with van der Waals surface area (Å²) >= 11 is 0. The van der Waals surface area contributed by atoms with Gasteiger partial charge in [-0.1, -0.05) is 290 Å². The highest BCUT2D eigenvalue weighted by atomic mass is 31.2. The van der Waals surface area contributed by atoms with E-state index < -0.39 is 94.3 Å². The Morgan fingerprint density at radius 2 is 0.510 bits per heavy atom. The van der Waals surface area contributed by atoms with Gasteiger partial charge in [0.25, 0.3) is 0 Å². The molecule has 0 bridgehead atoms. The number of para-hydroxylation sites is 1. The number of hydrogen-bond acceptors (Lipinski definition) is 20. The van der Waals surface area contributed by atoms with E-state index in [1.807, 2.05) is 54.6 Å². The standard InChI is InChI=1S/C77H77N3O18P4/c81-99(86-53-62-33-12-2-13-34-62,87-54-63-35-14-3-15-36-63)95-74-72(85-52-30-49-61-31-10-1-11-32-61)73(94-80-71-51-29-28-50-70(71)78-79-80)75(96-100(82,88-55-64-37-16-4-17-38-64)89-56-65-39-18-5-19-40-65)77(98-102(84,92-59-68-45-24-8-25-46-68)93-60-69-47-26-9-27-48-69)76(74)97-101(83,90-57-66-41-20-6-21-42-66)91-58-67-43-22-7-23-44-67/h1-29,31-48,50-51,72-77H,30,49,52-60H2/t72-,73+,74+,75+,76-,77-/m1/s1. The molecule has 11 aromatic rings. The molecule has 0 unspecified atom stereocenters. The van der Waals surface area contributed by atoms with Crippen molar-refractivity contribution >= 4 is 42.3 Å². The Kier molecular flexibility index (Phi) is 26.5. The largest absolute Gasteiger partial charge is 0.475 e. The van der Waals surface area contributed by atoms with Gasteiger partial charge in [0.2, 0.25) is 0 Å². The Morgan fingerprint density at radius 3 is 0.794 bits per heavy atom. The van der Waals surface area contributed by atoms with Crippen molar-refractivity contribution in [2.24, 2.45) is 0 Å². The number of fused-ring (bicyclic) bond motifs is 1. The zero-order valence-corrected chi connectivity index (χ0v) is 59.1. The highest BCUT2D eigenvalue weighted by Gasteiger charge is 2.63. The van der Waals surface area contributed by atoms with E-state index in [0.29, 0.717) is 68.4 Å². The van der Waals surface area contributed by atoms with Gasteiger partial charge in [-0.3, -0.25) is 54.3 Å². The van der Waals surface area contributed by atoms with Crippen LogP contribution in [0, 0.1) is 0 Å². The van der Waals surface area contributed by atoms with E-state index in [2.05, 4.69) is 10.3 Å². The first-order valence-corrected chi connectivity index (χ1v) is 39.0. The maximum atomic E-state index is 16.7. The van der Waals surface area contributed by atoms with Crippen LogP contribution in [0.15, 0.2) is 297 Å². The smallest absolute Gasteiger partial charge is 0.386 e. The summed E-state index contributed by atoms with van der Waals surface area (Å²) in [5.41, 5.74) is 6.00. The van der Waals surface area contributed by atoms with Crippen molar-refractivity contribution in [1.82, 2.24) is 15.2 Å². The Hall–Kier alpha value is -8.20. The number of ether oxygens (including phenoxy) is 1. The lowest BCUT2D eigenvalue weighted by atomic mass is 9.84. The average molecular weight is 1460 g/mol. The molecule has 0 N–H and O–H groups in total. The molecule has 0 aliphatic heterocycles. The number of phosphoric acid groups is 4. The van der Waals surface area contributed by atoms with Gasteiger partial charge in [-0.2, -0.15) is 0 Å². The SMILES string of the molecule is O=P(OCc1ccccc1)(OCc1ccccc1)O[C@H]1[C@H](OP(=O)(OCc2ccccc2)OCc2ccccc2)[C@@H](OP(=O)(OCc2ccccc2)OCc2ccccc2)[C@@H](On2nnc3ccccc32)[C@@H](OCCCc2ccccc2)[C@@H]1OP(=O)(OCc1ccccc1)OCc1ccccc1. The maximum Gasteiger partial charge on any atom is 0.475 e. The van der Waals surface area contributed by atoms with Gasteiger partial charge in [-0.15, -0.1) is 5.10 Å². The summed E-state index contributed by atoms with van der Waals surface area (Å²) < 4.78 is 154. The summed E-state index contributed by atoms with van der Waals surface area (Å²) in [6.07, 6.45) is -11.7. The minimum absolute atomic E-state index is 0.152. The van der Waals surface area contributed by atoms with Crippen molar-refractivity contribution in [3.8, 4) is 0 Å². The molecule has 0 spiro atoms. The van der Waals surface area contributed by atoms with Crippen LogP contribution in [0.3, 0.4) is 0 Å². The Labute approximate surface area is 592 Å². The summed E-state index contributed by atoms with van der Waals surface area (Å²) in [6, 6.07) is 87.5. The first-order chi connectivity index (χ1) is 49.9. The highest BCUT2D eigenvalue weighted by Crippen LogP contribution is 2.63. The van der Waals surface area contributed by atoms with Crippen molar-refractivity contribution < 1.29 is 82.1 Å². The Balaban J connectivity index is 1.10. The lowest BCUT2D eigenvalue weighted by Gasteiger charge is -2.49. The van der Waals surface area contributed by atoms with Crippen molar-refractivity contribution in [1.29, 1.82) is 0 Å². The van der Waals surface area contributed by atoms with E-state index in [9.17, 15) is 0 Å². The predicted molar refractivity (Wildman–Crippen MR) is 382 cm³/mol. The van der Waals surface area contributed by atoms with E-state index in [4.69, 9.17) is 63.9 Å². The summed E-state index contributed by atoms with van der Waals surface area (Å²) in [4.78, 5) is 8.27. The van der Waals surface area contributed by atoms with E-state index >= 15 is 18.3 Å². The molecule has 102 heavy (non-hydrogen) atoms. The number of aryl methyl sites for hydroxylation is 1. The van der Waals surface area contributed by atoms with Gasteiger partial charge in [0.15, 0.2) is 6.10 Å². The fourth-order valence-electron chi connectivity index (χ4n) is 10.9. The van der Waals surface area contributed by atoms with Gasteiger partial charge in [0, 0.05) is 6.61 Å². The van der Waals surface area contributed by atoms with Gasteiger partial charge in [0.05, 0.1) is 52.9 Å². The molecule has 10 aromatic carbocycles.